The van der Waals surface area contributed by atoms with E-state index in [2.05, 4.69) is 11.6 Å². The molecule has 0 saturated heterocycles. The van der Waals surface area contributed by atoms with E-state index in [-0.39, 0.29) is 24.0 Å². The van der Waals surface area contributed by atoms with Crippen LogP contribution in [0.5, 0.6) is 6.01 Å². The second-order valence-electron chi connectivity index (χ2n) is 2.76. The molecule has 0 saturated carbocycles. The topological polar surface area (TPSA) is 83.9 Å². The number of hydrogen-bond donors (Lipinski definition) is 0. The van der Waals surface area contributed by atoms with Crippen molar-refractivity contribution in [3.05, 3.63) is 24.2 Å². The molecule has 0 spiro atoms. The SMILES string of the molecule is C=COCCOc1nc(C#N)c(C#N)n1C. The van der Waals surface area contributed by atoms with Gasteiger partial charge in [-0.3, -0.25) is 4.57 Å². The summed E-state index contributed by atoms with van der Waals surface area (Å²) >= 11 is 0. The summed E-state index contributed by atoms with van der Waals surface area (Å²) < 4.78 is 11.5. The Morgan fingerprint density at radius 2 is 2.19 bits per heavy atom. The van der Waals surface area contributed by atoms with Crippen molar-refractivity contribution in [1.29, 1.82) is 10.5 Å². The second kappa shape index (κ2) is 5.42. The van der Waals surface area contributed by atoms with Crippen LogP contribution >= 0.6 is 0 Å². The van der Waals surface area contributed by atoms with Crippen molar-refractivity contribution >= 4 is 0 Å². The smallest absolute Gasteiger partial charge is 0.298 e. The number of rotatable bonds is 5. The molecule has 1 heterocycles. The highest BCUT2D eigenvalue weighted by Crippen LogP contribution is 2.14. The minimum absolute atomic E-state index is 0.0599. The Labute approximate surface area is 92.9 Å². The van der Waals surface area contributed by atoms with Gasteiger partial charge in [-0.2, -0.15) is 15.5 Å². The fraction of sp³-hybridized carbons (Fsp3) is 0.300. The second-order valence-corrected chi connectivity index (χ2v) is 2.76. The fourth-order valence-corrected chi connectivity index (χ4v) is 1.08. The maximum atomic E-state index is 8.80. The summed E-state index contributed by atoms with van der Waals surface area (Å²) in [5.74, 6) is 0. The molecule has 82 valence electrons. The molecule has 0 atom stereocenters. The van der Waals surface area contributed by atoms with Gasteiger partial charge in [0.05, 0.1) is 6.26 Å². The molecule has 0 unspecified atom stereocenters. The van der Waals surface area contributed by atoms with Gasteiger partial charge >= 0.3 is 0 Å². The lowest BCUT2D eigenvalue weighted by Gasteiger charge is -2.04. The van der Waals surface area contributed by atoms with Crippen LogP contribution in [0.3, 0.4) is 0 Å². The summed E-state index contributed by atoms with van der Waals surface area (Å²) in [6, 6.07) is 3.94. The molecule has 0 aliphatic carbocycles. The lowest BCUT2D eigenvalue weighted by atomic mass is 10.4. The van der Waals surface area contributed by atoms with Crippen LogP contribution in [0.2, 0.25) is 0 Å². The first-order valence-electron chi connectivity index (χ1n) is 4.46. The maximum absolute atomic E-state index is 8.80. The quantitative estimate of drug-likeness (QED) is 0.536. The van der Waals surface area contributed by atoms with Crippen molar-refractivity contribution in [1.82, 2.24) is 9.55 Å². The molecule has 1 aromatic heterocycles. The molecule has 0 bridgehead atoms. The van der Waals surface area contributed by atoms with Crippen molar-refractivity contribution < 1.29 is 9.47 Å². The number of nitrogens with zero attached hydrogens (tertiary/aromatic N) is 4. The molecule has 16 heavy (non-hydrogen) atoms. The molecule has 6 nitrogen and oxygen atoms in total. The van der Waals surface area contributed by atoms with Gasteiger partial charge in [-0.05, 0) is 0 Å². The van der Waals surface area contributed by atoms with Gasteiger partial charge in [0.2, 0.25) is 0 Å². The van der Waals surface area contributed by atoms with Crippen LogP contribution < -0.4 is 4.74 Å². The van der Waals surface area contributed by atoms with E-state index in [9.17, 15) is 0 Å². The Morgan fingerprint density at radius 3 is 2.69 bits per heavy atom. The number of ether oxygens (including phenoxy) is 2. The molecule has 0 aliphatic rings. The highest BCUT2D eigenvalue weighted by molar-refractivity contribution is 5.39. The van der Waals surface area contributed by atoms with E-state index in [0.29, 0.717) is 6.61 Å². The van der Waals surface area contributed by atoms with Gasteiger partial charge in [-0.25, -0.2) is 0 Å². The van der Waals surface area contributed by atoms with Crippen molar-refractivity contribution in [3.8, 4) is 18.1 Å². The van der Waals surface area contributed by atoms with Crippen LogP contribution in [-0.2, 0) is 11.8 Å². The molecule has 0 N–H and O–H groups in total. The molecular weight excluding hydrogens is 208 g/mol. The summed E-state index contributed by atoms with van der Waals surface area (Å²) in [5, 5.41) is 17.5. The highest BCUT2D eigenvalue weighted by Gasteiger charge is 2.14. The van der Waals surface area contributed by atoms with E-state index < -0.39 is 0 Å². The minimum atomic E-state index is 0.0599. The third-order valence-corrected chi connectivity index (χ3v) is 1.82. The summed E-state index contributed by atoms with van der Waals surface area (Å²) in [7, 11) is 1.61. The zero-order valence-corrected chi connectivity index (χ0v) is 8.80. The first-order chi connectivity index (χ1) is 7.74. The van der Waals surface area contributed by atoms with E-state index >= 15 is 0 Å². The Kier molecular flexibility index (Phi) is 3.93. The van der Waals surface area contributed by atoms with Crippen LogP contribution in [0, 0.1) is 22.7 Å². The van der Waals surface area contributed by atoms with Crippen molar-refractivity contribution in [3.63, 3.8) is 0 Å². The third-order valence-electron chi connectivity index (χ3n) is 1.82. The molecule has 0 amide bonds. The zero-order chi connectivity index (χ0) is 12.0. The van der Waals surface area contributed by atoms with E-state index in [1.165, 1.54) is 10.8 Å². The van der Waals surface area contributed by atoms with Gasteiger partial charge in [0.1, 0.15) is 25.4 Å². The Morgan fingerprint density at radius 1 is 1.44 bits per heavy atom. The normalized spacial score (nSPS) is 8.94. The molecule has 0 radical (unpaired) electrons. The molecular formula is C10H10N4O2. The Bertz CT molecular complexity index is 464. The average molecular weight is 218 g/mol. The fourth-order valence-electron chi connectivity index (χ4n) is 1.08. The van der Waals surface area contributed by atoms with Gasteiger partial charge in [0, 0.05) is 7.05 Å². The molecule has 6 heteroatoms. The van der Waals surface area contributed by atoms with Gasteiger partial charge in [-0.1, -0.05) is 6.58 Å². The minimum Gasteiger partial charge on any atom is -0.498 e. The van der Waals surface area contributed by atoms with Crippen LogP contribution in [0.1, 0.15) is 11.4 Å². The molecule has 1 aromatic rings. The molecule has 0 aromatic carbocycles. The first-order valence-corrected chi connectivity index (χ1v) is 4.46. The number of hydrogen-bond acceptors (Lipinski definition) is 5. The molecule has 1 rings (SSSR count). The van der Waals surface area contributed by atoms with Gasteiger partial charge in [0.25, 0.3) is 6.01 Å². The van der Waals surface area contributed by atoms with Gasteiger partial charge in [-0.15, -0.1) is 0 Å². The predicted molar refractivity (Wildman–Crippen MR) is 54.3 cm³/mol. The Hall–Kier alpha value is -2.47. The lowest BCUT2D eigenvalue weighted by molar-refractivity contribution is 0.169. The third kappa shape index (κ3) is 2.31. The van der Waals surface area contributed by atoms with E-state index in [4.69, 9.17) is 20.0 Å². The number of aromatic nitrogens is 2. The predicted octanol–water partition coefficient (Wildman–Crippen LogP) is 0.702. The standard InChI is InChI=1S/C10H10N4O2/c1-3-15-4-5-16-10-13-8(6-11)9(7-12)14(10)2/h3H,1,4-5H2,2H3. The lowest BCUT2D eigenvalue weighted by Crippen LogP contribution is -2.07. The number of imidazole rings is 1. The largest absolute Gasteiger partial charge is 0.498 e. The summed E-state index contributed by atoms with van der Waals surface area (Å²) in [6.45, 7) is 3.99. The van der Waals surface area contributed by atoms with Crippen LogP contribution in [0.4, 0.5) is 0 Å². The first kappa shape index (κ1) is 11.6. The summed E-state index contributed by atoms with van der Waals surface area (Å²) in [4.78, 5) is 3.87. The summed E-state index contributed by atoms with van der Waals surface area (Å²) in [6.07, 6.45) is 1.31. The van der Waals surface area contributed by atoms with Crippen molar-refractivity contribution in [2.45, 2.75) is 0 Å². The van der Waals surface area contributed by atoms with E-state index in [0.717, 1.165) is 0 Å². The van der Waals surface area contributed by atoms with Crippen molar-refractivity contribution in [2.24, 2.45) is 7.05 Å². The maximum Gasteiger partial charge on any atom is 0.298 e. The van der Waals surface area contributed by atoms with Crippen LogP contribution in [0.15, 0.2) is 12.8 Å². The van der Waals surface area contributed by atoms with Crippen LogP contribution in [0.25, 0.3) is 0 Å². The van der Waals surface area contributed by atoms with Crippen LogP contribution in [-0.4, -0.2) is 22.8 Å². The van der Waals surface area contributed by atoms with E-state index in [1.807, 2.05) is 12.1 Å². The monoisotopic (exact) mass is 218 g/mol. The molecule has 0 aliphatic heterocycles. The summed E-state index contributed by atoms with van der Waals surface area (Å²) in [5.41, 5.74) is 0.242. The highest BCUT2D eigenvalue weighted by atomic mass is 16.5. The molecule has 0 fully saturated rings. The van der Waals surface area contributed by atoms with Gasteiger partial charge < -0.3 is 9.47 Å². The average Bonchev–Trinajstić information content (AvgIpc) is 2.61. The Balaban J connectivity index is 2.75. The van der Waals surface area contributed by atoms with Gasteiger partial charge in [0.15, 0.2) is 11.4 Å². The van der Waals surface area contributed by atoms with Crippen molar-refractivity contribution in [2.75, 3.05) is 13.2 Å². The van der Waals surface area contributed by atoms with E-state index in [1.54, 1.807) is 7.05 Å². The zero-order valence-electron chi connectivity index (χ0n) is 8.80. The number of nitriles is 2.